The van der Waals surface area contributed by atoms with Gasteiger partial charge in [-0.25, -0.2) is 0 Å². The molecule has 5 rings (SSSR count). The average molecular weight is 436 g/mol. The maximum Gasteiger partial charge on any atom is 0.219 e. The van der Waals surface area contributed by atoms with Crippen LogP contribution in [0.15, 0.2) is 66.9 Å². The molecule has 5 heteroatoms. The lowest BCUT2D eigenvalue weighted by molar-refractivity contribution is -0.516. The van der Waals surface area contributed by atoms with Gasteiger partial charge in [-0.3, -0.25) is 0 Å². The molecular weight excluding hydrogens is 412 g/mol. The van der Waals surface area contributed by atoms with Crippen molar-refractivity contribution in [3.05, 3.63) is 89.2 Å². The number of nitriles is 1. The number of pyridine rings is 2. The Kier molecular flexibility index (Phi) is 5.18. The Morgan fingerprint density at radius 2 is 1.61 bits per heavy atom. The van der Waals surface area contributed by atoms with Crippen LogP contribution < -0.4 is 9.14 Å². The molecule has 0 atom stereocenters. The minimum Gasteiger partial charge on any atom is -0.496 e. The van der Waals surface area contributed by atoms with E-state index in [1.165, 1.54) is 0 Å². The molecule has 0 fully saturated rings. The molecule has 162 valence electrons. The summed E-state index contributed by atoms with van der Waals surface area (Å²) in [5, 5.41) is 32.8. The molecule has 0 radical (unpaired) electrons. The fraction of sp³-hybridized carbons (Fsp3) is 0.143. The van der Waals surface area contributed by atoms with Crippen LogP contribution in [0.5, 0.6) is 5.75 Å². The molecule has 2 N–H and O–H groups in total. The van der Waals surface area contributed by atoms with Gasteiger partial charge in [-0.1, -0.05) is 12.1 Å². The molecular formula is C28H23N2O3+. The molecule has 0 unspecified atom stereocenters. The number of aliphatic hydroxyl groups is 2. The van der Waals surface area contributed by atoms with Gasteiger partial charge in [0.25, 0.3) is 0 Å². The Bertz CT molecular complexity index is 1580. The van der Waals surface area contributed by atoms with Crippen LogP contribution in [0.25, 0.3) is 38.2 Å². The quantitative estimate of drug-likeness (QED) is 0.246. The topological polar surface area (TPSA) is 77.6 Å². The van der Waals surface area contributed by atoms with E-state index in [1.807, 2.05) is 48.7 Å². The normalized spacial score (nSPS) is 11.2. The highest BCUT2D eigenvalue weighted by Gasteiger charge is 2.19. The average Bonchev–Trinajstić information content (AvgIpc) is 2.87. The second-order valence-corrected chi connectivity index (χ2v) is 8.15. The van der Waals surface area contributed by atoms with Crippen LogP contribution in [0.3, 0.4) is 0 Å². The van der Waals surface area contributed by atoms with Crippen molar-refractivity contribution in [1.29, 1.82) is 5.26 Å². The van der Waals surface area contributed by atoms with Crippen LogP contribution in [0.2, 0.25) is 0 Å². The number of aromatic nitrogens is 1. The van der Waals surface area contributed by atoms with Gasteiger partial charge in [-0.05, 0) is 63.9 Å². The minimum atomic E-state index is -0.119. The lowest BCUT2D eigenvalue weighted by Gasteiger charge is -2.12. The fourth-order valence-corrected chi connectivity index (χ4v) is 4.59. The first-order chi connectivity index (χ1) is 16.1. The number of methoxy groups -OCH3 is 1. The second kappa shape index (κ2) is 8.18. The van der Waals surface area contributed by atoms with E-state index in [0.717, 1.165) is 60.8 Å². The first-order valence-corrected chi connectivity index (χ1v) is 10.7. The molecule has 0 bridgehead atoms. The van der Waals surface area contributed by atoms with Crippen molar-refractivity contribution >= 4 is 27.1 Å². The van der Waals surface area contributed by atoms with E-state index >= 15 is 0 Å². The van der Waals surface area contributed by atoms with Crippen LogP contribution in [0.4, 0.5) is 0 Å². The summed E-state index contributed by atoms with van der Waals surface area (Å²) in [6.07, 6.45) is 2.05. The van der Waals surface area contributed by atoms with Crippen molar-refractivity contribution in [2.75, 3.05) is 7.11 Å². The van der Waals surface area contributed by atoms with E-state index < -0.39 is 0 Å². The zero-order valence-electron chi connectivity index (χ0n) is 18.5. The van der Waals surface area contributed by atoms with Gasteiger partial charge in [0.15, 0.2) is 11.9 Å². The maximum absolute atomic E-state index is 9.77. The van der Waals surface area contributed by atoms with Gasteiger partial charge >= 0.3 is 0 Å². The summed E-state index contributed by atoms with van der Waals surface area (Å²) >= 11 is 0. The smallest absolute Gasteiger partial charge is 0.219 e. The van der Waals surface area contributed by atoms with Gasteiger partial charge in [-0.2, -0.15) is 9.66 Å². The highest BCUT2D eigenvalue weighted by Crippen LogP contribution is 2.36. The van der Waals surface area contributed by atoms with Gasteiger partial charge < -0.3 is 14.9 Å². The summed E-state index contributed by atoms with van der Waals surface area (Å²) in [4.78, 5) is 0. The summed E-state index contributed by atoms with van der Waals surface area (Å²) < 4.78 is 7.86. The van der Waals surface area contributed by atoms with E-state index in [9.17, 15) is 10.2 Å². The predicted octanol–water partition coefficient (Wildman–Crippen LogP) is 4.57. The van der Waals surface area contributed by atoms with E-state index in [-0.39, 0.29) is 13.2 Å². The minimum absolute atomic E-state index is 0.112. The van der Waals surface area contributed by atoms with Gasteiger partial charge in [0, 0.05) is 30.0 Å². The molecule has 0 saturated carbocycles. The molecule has 0 aliphatic heterocycles. The van der Waals surface area contributed by atoms with Gasteiger partial charge in [0.1, 0.15) is 5.75 Å². The molecule has 0 amide bonds. The number of hydrogen-bond acceptors (Lipinski definition) is 4. The predicted molar refractivity (Wildman–Crippen MR) is 128 cm³/mol. The van der Waals surface area contributed by atoms with Crippen molar-refractivity contribution in [3.8, 4) is 22.9 Å². The highest BCUT2D eigenvalue weighted by molar-refractivity contribution is 6.01. The monoisotopic (exact) mass is 435 g/mol. The van der Waals surface area contributed by atoms with E-state index in [0.29, 0.717) is 5.56 Å². The zero-order chi connectivity index (χ0) is 23.1. The third-order valence-corrected chi connectivity index (χ3v) is 6.39. The van der Waals surface area contributed by atoms with Crippen molar-refractivity contribution < 1.29 is 19.4 Å². The summed E-state index contributed by atoms with van der Waals surface area (Å²) in [5.41, 5.74) is 6.10. The van der Waals surface area contributed by atoms with E-state index in [4.69, 9.17) is 10.00 Å². The zero-order valence-corrected chi connectivity index (χ0v) is 18.5. The lowest BCUT2D eigenvalue weighted by atomic mass is 9.97. The van der Waals surface area contributed by atoms with E-state index in [2.05, 4.69) is 35.6 Å². The van der Waals surface area contributed by atoms with Gasteiger partial charge in [0.05, 0.1) is 37.3 Å². The number of fused-ring (bicyclic) bond motifs is 4. The lowest BCUT2D eigenvalue weighted by Crippen LogP contribution is -2.25. The second-order valence-electron chi connectivity index (χ2n) is 8.15. The third-order valence-electron chi connectivity index (χ3n) is 6.39. The Balaban J connectivity index is 1.84. The highest BCUT2D eigenvalue weighted by atomic mass is 16.5. The largest absolute Gasteiger partial charge is 0.496 e. The number of rotatable bonds is 4. The third kappa shape index (κ3) is 3.37. The maximum atomic E-state index is 9.77. The van der Waals surface area contributed by atoms with E-state index in [1.54, 1.807) is 7.11 Å². The Morgan fingerprint density at radius 3 is 2.27 bits per heavy atom. The SMILES string of the molecule is COc1cc2cc[n+]3c(C)c4cc(CO)c(CO)cc4cc3c2cc1-c1ccc(C#N)cc1. The van der Waals surface area contributed by atoms with Crippen molar-refractivity contribution in [2.24, 2.45) is 0 Å². The molecule has 3 aromatic carbocycles. The first-order valence-electron chi connectivity index (χ1n) is 10.7. The van der Waals surface area contributed by atoms with Crippen molar-refractivity contribution in [2.45, 2.75) is 20.1 Å². The summed E-state index contributed by atoms with van der Waals surface area (Å²) in [5.74, 6) is 0.768. The summed E-state index contributed by atoms with van der Waals surface area (Å²) in [6.45, 7) is 1.83. The molecule has 0 spiro atoms. The number of ether oxygens (including phenoxy) is 1. The molecule has 5 aromatic rings. The fourth-order valence-electron chi connectivity index (χ4n) is 4.59. The number of nitrogens with zero attached hydrogens (tertiary/aromatic N) is 2. The summed E-state index contributed by atoms with van der Waals surface area (Å²) in [7, 11) is 1.66. The molecule has 0 saturated heterocycles. The molecule has 0 aliphatic carbocycles. The number of benzene rings is 3. The van der Waals surface area contributed by atoms with Crippen LogP contribution in [-0.4, -0.2) is 17.3 Å². The summed E-state index contributed by atoms with van der Waals surface area (Å²) in [6, 6.07) is 21.9. The van der Waals surface area contributed by atoms with Gasteiger partial charge in [-0.15, -0.1) is 0 Å². The van der Waals surface area contributed by atoms with Crippen molar-refractivity contribution in [1.82, 2.24) is 0 Å². The molecule has 2 heterocycles. The van der Waals surface area contributed by atoms with Crippen LogP contribution >= 0.6 is 0 Å². The number of aliphatic hydroxyl groups excluding tert-OH is 2. The number of hydrogen-bond donors (Lipinski definition) is 2. The first kappa shape index (κ1) is 20.9. The molecule has 2 aromatic heterocycles. The molecule has 5 nitrogen and oxygen atoms in total. The molecule has 33 heavy (non-hydrogen) atoms. The Hall–Kier alpha value is -3.98. The Morgan fingerprint density at radius 1 is 0.879 bits per heavy atom. The number of aryl methyl sites for hydroxylation is 1. The van der Waals surface area contributed by atoms with Crippen molar-refractivity contribution in [3.63, 3.8) is 0 Å². The molecule has 0 aliphatic rings. The standard InChI is InChI=1S/C28H23N2O3/c1-17-24-10-23(16-32)22(15-31)9-21(24)11-27-25-13-26(19-5-3-18(14-29)4-6-19)28(33-2)12-20(25)7-8-30(17)27/h3-13,31-32H,15-16H2,1-2H3/q+1. The van der Waals surface area contributed by atoms with Crippen LogP contribution in [0, 0.1) is 18.3 Å². The van der Waals surface area contributed by atoms with Gasteiger partial charge in [0.2, 0.25) is 5.52 Å². The van der Waals surface area contributed by atoms with Crippen LogP contribution in [-0.2, 0) is 13.2 Å². The Labute approximate surface area is 191 Å². The van der Waals surface area contributed by atoms with Crippen LogP contribution in [0.1, 0.15) is 22.4 Å².